The van der Waals surface area contributed by atoms with Crippen LogP contribution >= 0.6 is 0 Å². The number of Topliss-reactive ketones (excluding diaryl/α,β-unsaturated/α-hetero) is 1. The summed E-state index contributed by atoms with van der Waals surface area (Å²) in [5.74, 6) is -0.398. The Labute approximate surface area is 149 Å². The smallest absolute Gasteiger partial charge is 0.333 e. The lowest BCUT2D eigenvalue weighted by atomic mass is 9.51. The minimum Gasteiger partial charge on any atom is -0.456 e. The van der Waals surface area contributed by atoms with Gasteiger partial charge in [0, 0.05) is 17.9 Å². The Morgan fingerprint density at radius 1 is 1.32 bits per heavy atom. The average molecular weight is 350 g/mol. The maximum Gasteiger partial charge on any atom is 0.333 e. The summed E-state index contributed by atoms with van der Waals surface area (Å²) in [6.07, 6.45) is 3.35. The highest BCUT2D eigenvalue weighted by Crippen LogP contribution is 2.64. The van der Waals surface area contributed by atoms with Gasteiger partial charge in [0.15, 0.2) is 11.4 Å². The van der Waals surface area contributed by atoms with E-state index in [1.54, 1.807) is 26.8 Å². The molecule has 5 nitrogen and oxygen atoms in total. The zero-order valence-corrected chi connectivity index (χ0v) is 16.1. The molecule has 1 N–H and O–H groups in total. The second-order valence-electron chi connectivity index (χ2n) is 9.08. The van der Waals surface area contributed by atoms with Crippen molar-refractivity contribution in [2.75, 3.05) is 0 Å². The number of ketones is 1. The van der Waals surface area contributed by atoms with Crippen molar-refractivity contribution >= 4 is 11.8 Å². The van der Waals surface area contributed by atoms with Gasteiger partial charge in [-0.3, -0.25) is 4.79 Å². The largest absolute Gasteiger partial charge is 0.456 e. The molecule has 1 aliphatic heterocycles. The number of fused-ring (bicyclic) bond motifs is 1. The number of rotatable bonds is 2. The van der Waals surface area contributed by atoms with Crippen molar-refractivity contribution in [2.24, 2.45) is 11.3 Å². The van der Waals surface area contributed by atoms with E-state index in [9.17, 15) is 14.7 Å². The molecular formula is C20H30O5. The van der Waals surface area contributed by atoms with Crippen LogP contribution < -0.4 is 0 Å². The fourth-order valence-electron chi connectivity index (χ4n) is 5.04. The van der Waals surface area contributed by atoms with Crippen molar-refractivity contribution in [1.29, 1.82) is 0 Å². The Hall–Kier alpha value is -1.20. The van der Waals surface area contributed by atoms with E-state index in [2.05, 4.69) is 6.92 Å². The van der Waals surface area contributed by atoms with E-state index in [1.807, 2.05) is 13.8 Å². The molecule has 2 aliphatic carbocycles. The predicted octanol–water partition coefficient (Wildman–Crippen LogP) is 2.94. The molecule has 0 amide bonds. The first-order valence-electron chi connectivity index (χ1n) is 9.19. The lowest BCUT2D eigenvalue weighted by molar-refractivity contribution is -0.204. The van der Waals surface area contributed by atoms with Crippen molar-refractivity contribution in [3.05, 3.63) is 11.6 Å². The molecule has 0 unspecified atom stereocenters. The number of aliphatic hydroxyl groups is 1. The zero-order valence-electron chi connectivity index (χ0n) is 16.1. The standard InChI is InChI=1S/C20H30O5/c1-7-12(2)16(22)24-15-8-9-18(5)11-14(21)20(17(3,4)25-20)10-13(18)19(15,6)23/h7,13,15,23H,8-11H2,1-6H3/b12-7-/t13-,15-,18-,19+,20+/m1/s1. The highest BCUT2D eigenvalue weighted by Gasteiger charge is 2.74. The van der Waals surface area contributed by atoms with E-state index >= 15 is 0 Å². The van der Waals surface area contributed by atoms with Crippen molar-refractivity contribution < 1.29 is 24.2 Å². The van der Waals surface area contributed by atoms with Gasteiger partial charge in [0.1, 0.15) is 17.3 Å². The lowest BCUT2D eigenvalue weighted by Crippen LogP contribution is -2.62. The van der Waals surface area contributed by atoms with Gasteiger partial charge >= 0.3 is 5.97 Å². The molecule has 1 spiro atoms. The van der Waals surface area contributed by atoms with Gasteiger partial charge in [-0.25, -0.2) is 4.79 Å². The first-order valence-corrected chi connectivity index (χ1v) is 9.19. The number of ether oxygens (including phenoxy) is 2. The third kappa shape index (κ3) is 2.58. The van der Waals surface area contributed by atoms with Crippen LogP contribution in [0.15, 0.2) is 11.6 Å². The molecule has 0 aromatic heterocycles. The Bertz CT molecular complexity index is 646. The van der Waals surface area contributed by atoms with Gasteiger partial charge in [-0.05, 0) is 59.3 Å². The molecule has 3 fully saturated rings. The van der Waals surface area contributed by atoms with Gasteiger partial charge in [-0.2, -0.15) is 0 Å². The molecule has 0 aromatic carbocycles. The van der Waals surface area contributed by atoms with Crippen molar-refractivity contribution in [3.8, 4) is 0 Å². The highest BCUT2D eigenvalue weighted by atomic mass is 16.6. The molecule has 3 aliphatic rings. The van der Waals surface area contributed by atoms with Crippen LogP contribution in [0.1, 0.15) is 67.2 Å². The van der Waals surface area contributed by atoms with E-state index in [4.69, 9.17) is 9.47 Å². The SMILES string of the molecule is C/C=C(/C)C(=O)O[C@@H]1CC[C@]2(C)CC(=O)[C@]3(C[C@H]2[C@]1(C)O)OC3(C)C. The van der Waals surface area contributed by atoms with E-state index in [-0.39, 0.29) is 23.1 Å². The molecule has 0 aromatic rings. The van der Waals surface area contributed by atoms with E-state index in [1.165, 1.54) is 0 Å². The first-order chi connectivity index (χ1) is 11.4. The van der Waals surface area contributed by atoms with Gasteiger partial charge in [0.05, 0.1) is 0 Å². The maximum absolute atomic E-state index is 12.8. The Morgan fingerprint density at radius 3 is 2.44 bits per heavy atom. The fourth-order valence-corrected chi connectivity index (χ4v) is 5.04. The van der Waals surface area contributed by atoms with Crippen LogP contribution in [0, 0.1) is 11.3 Å². The van der Waals surface area contributed by atoms with Crippen molar-refractivity contribution in [2.45, 2.75) is 90.1 Å². The van der Waals surface area contributed by atoms with Crippen LogP contribution in [0.2, 0.25) is 0 Å². The molecular weight excluding hydrogens is 320 g/mol. The Morgan fingerprint density at radius 2 is 1.92 bits per heavy atom. The van der Waals surface area contributed by atoms with Crippen LogP contribution in [-0.2, 0) is 19.1 Å². The minimum absolute atomic E-state index is 0.146. The fraction of sp³-hybridized carbons (Fsp3) is 0.800. The van der Waals surface area contributed by atoms with Crippen LogP contribution in [0.25, 0.3) is 0 Å². The van der Waals surface area contributed by atoms with Gasteiger partial charge in [-0.1, -0.05) is 13.0 Å². The van der Waals surface area contributed by atoms with Crippen LogP contribution in [-0.4, -0.2) is 39.8 Å². The summed E-state index contributed by atoms with van der Waals surface area (Å²) in [4.78, 5) is 24.9. The third-order valence-electron chi connectivity index (χ3n) is 7.05. The maximum atomic E-state index is 12.8. The number of carbonyl (C=O) groups is 2. The molecule has 25 heavy (non-hydrogen) atoms. The molecule has 0 radical (unpaired) electrons. The second-order valence-corrected chi connectivity index (χ2v) is 9.08. The van der Waals surface area contributed by atoms with Crippen LogP contribution in [0.5, 0.6) is 0 Å². The third-order valence-corrected chi connectivity index (χ3v) is 7.05. The molecule has 2 saturated carbocycles. The van der Waals surface area contributed by atoms with E-state index in [0.29, 0.717) is 24.8 Å². The topological polar surface area (TPSA) is 76.1 Å². The molecule has 1 saturated heterocycles. The Kier molecular flexibility index (Phi) is 4.01. The van der Waals surface area contributed by atoms with Crippen LogP contribution in [0.4, 0.5) is 0 Å². The molecule has 3 rings (SSSR count). The Balaban J connectivity index is 1.87. The summed E-state index contributed by atoms with van der Waals surface area (Å²) in [7, 11) is 0. The van der Waals surface area contributed by atoms with Crippen molar-refractivity contribution in [1.82, 2.24) is 0 Å². The summed E-state index contributed by atoms with van der Waals surface area (Å²) in [6.45, 7) is 11.2. The number of hydrogen-bond acceptors (Lipinski definition) is 5. The number of epoxide rings is 1. The molecule has 0 bridgehead atoms. The van der Waals surface area contributed by atoms with Gasteiger partial charge in [0.25, 0.3) is 0 Å². The first kappa shape index (κ1) is 18.6. The number of allylic oxidation sites excluding steroid dienone is 1. The zero-order chi connectivity index (χ0) is 18.8. The molecule has 140 valence electrons. The van der Waals surface area contributed by atoms with Gasteiger partial charge in [0.2, 0.25) is 0 Å². The molecule has 1 heterocycles. The minimum atomic E-state index is -1.19. The van der Waals surface area contributed by atoms with E-state index in [0.717, 1.165) is 6.42 Å². The van der Waals surface area contributed by atoms with E-state index < -0.39 is 22.9 Å². The number of esters is 1. The summed E-state index contributed by atoms with van der Waals surface area (Å²) in [5, 5.41) is 11.4. The summed E-state index contributed by atoms with van der Waals surface area (Å²) in [5.41, 5.74) is -2.20. The summed E-state index contributed by atoms with van der Waals surface area (Å²) in [6, 6.07) is 0. The molecule has 5 heteroatoms. The number of hydrogen-bond donors (Lipinski definition) is 1. The van der Waals surface area contributed by atoms with Gasteiger partial charge in [-0.15, -0.1) is 0 Å². The summed E-state index contributed by atoms with van der Waals surface area (Å²) < 4.78 is 11.5. The normalized spacial score (nSPS) is 45.9. The number of carbonyl (C=O) groups excluding carboxylic acids is 2. The quantitative estimate of drug-likeness (QED) is 0.471. The monoisotopic (exact) mass is 350 g/mol. The van der Waals surface area contributed by atoms with Crippen LogP contribution in [0.3, 0.4) is 0 Å². The highest BCUT2D eigenvalue weighted by molar-refractivity contribution is 5.93. The summed E-state index contributed by atoms with van der Waals surface area (Å²) >= 11 is 0. The predicted molar refractivity (Wildman–Crippen MR) is 92.9 cm³/mol. The van der Waals surface area contributed by atoms with Gasteiger partial charge < -0.3 is 14.6 Å². The average Bonchev–Trinajstić information content (AvgIpc) is 3.07. The lowest BCUT2D eigenvalue weighted by Gasteiger charge is -2.55. The second kappa shape index (κ2) is 5.40. The molecule has 5 atom stereocenters. The van der Waals surface area contributed by atoms with Crippen molar-refractivity contribution in [3.63, 3.8) is 0 Å².